The van der Waals surface area contributed by atoms with Gasteiger partial charge in [-0.3, -0.25) is 4.68 Å². The summed E-state index contributed by atoms with van der Waals surface area (Å²) in [6, 6.07) is 10.4. The molecule has 1 aliphatic carbocycles. The molecule has 1 aromatic carbocycles. The highest BCUT2D eigenvalue weighted by Gasteiger charge is 2.37. The van der Waals surface area contributed by atoms with Gasteiger partial charge in [0.2, 0.25) is 0 Å². The van der Waals surface area contributed by atoms with Crippen molar-refractivity contribution in [2.45, 2.75) is 18.9 Å². The molecule has 0 radical (unpaired) electrons. The third-order valence-corrected chi connectivity index (χ3v) is 3.49. The van der Waals surface area contributed by atoms with Crippen molar-refractivity contribution in [1.29, 1.82) is 0 Å². The van der Waals surface area contributed by atoms with Gasteiger partial charge in [0.25, 0.3) is 0 Å². The van der Waals surface area contributed by atoms with Crippen molar-refractivity contribution in [1.82, 2.24) is 9.78 Å². The fraction of sp³-hybridized carbons (Fsp3) is 0.357. The van der Waals surface area contributed by atoms with E-state index < -0.39 is 0 Å². The molecule has 2 N–H and O–H groups in total. The Morgan fingerprint density at radius 1 is 1.29 bits per heavy atom. The first-order chi connectivity index (χ1) is 8.36. The average molecular weight is 227 g/mol. The maximum absolute atomic E-state index is 5.66. The van der Waals surface area contributed by atoms with Gasteiger partial charge in [0.1, 0.15) is 0 Å². The number of hydrogen-bond donors (Lipinski definition) is 1. The van der Waals surface area contributed by atoms with E-state index in [2.05, 4.69) is 35.6 Å². The van der Waals surface area contributed by atoms with E-state index in [4.69, 9.17) is 5.73 Å². The van der Waals surface area contributed by atoms with Crippen LogP contribution in [0.1, 0.15) is 23.5 Å². The van der Waals surface area contributed by atoms with Crippen molar-refractivity contribution in [3.63, 3.8) is 0 Å². The standard InChI is InChI=1S/C14H17N3/c15-7-12-6-14(12)13-8-16-17(10-13)9-11-4-2-1-3-5-11/h1-5,8,10,12,14H,6-7,9,15H2/t12-,14+/m0/s1. The molecule has 1 fully saturated rings. The summed E-state index contributed by atoms with van der Waals surface area (Å²) in [4.78, 5) is 0. The van der Waals surface area contributed by atoms with Crippen molar-refractivity contribution in [2.75, 3.05) is 6.54 Å². The highest BCUT2D eigenvalue weighted by molar-refractivity contribution is 5.21. The Morgan fingerprint density at radius 2 is 2.12 bits per heavy atom. The Balaban J connectivity index is 1.69. The molecule has 2 aromatic rings. The average Bonchev–Trinajstić information content (AvgIpc) is 3.03. The Kier molecular flexibility index (Phi) is 2.69. The fourth-order valence-corrected chi connectivity index (χ4v) is 2.34. The van der Waals surface area contributed by atoms with Crippen LogP contribution in [-0.4, -0.2) is 16.3 Å². The molecule has 0 bridgehead atoms. The van der Waals surface area contributed by atoms with Crippen LogP contribution >= 0.6 is 0 Å². The zero-order valence-electron chi connectivity index (χ0n) is 9.79. The molecule has 0 amide bonds. The number of hydrogen-bond acceptors (Lipinski definition) is 2. The summed E-state index contributed by atoms with van der Waals surface area (Å²) < 4.78 is 2.01. The quantitative estimate of drug-likeness (QED) is 0.868. The minimum Gasteiger partial charge on any atom is -0.330 e. The molecule has 3 rings (SSSR count). The molecular weight excluding hydrogens is 210 g/mol. The third kappa shape index (κ3) is 2.24. The summed E-state index contributed by atoms with van der Waals surface area (Å²) in [6.45, 7) is 1.65. The van der Waals surface area contributed by atoms with Crippen LogP contribution in [0.3, 0.4) is 0 Å². The predicted octanol–water partition coefficient (Wildman–Crippen LogP) is 1.99. The van der Waals surface area contributed by atoms with E-state index in [9.17, 15) is 0 Å². The van der Waals surface area contributed by atoms with E-state index in [-0.39, 0.29) is 0 Å². The molecule has 0 unspecified atom stereocenters. The summed E-state index contributed by atoms with van der Waals surface area (Å²) in [5.74, 6) is 1.34. The number of aromatic nitrogens is 2. The summed E-state index contributed by atoms with van der Waals surface area (Å²) in [5.41, 5.74) is 8.29. The molecule has 88 valence electrons. The number of benzene rings is 1. The lowest BCUT2D eigenvalue weighted by Gasteiger charge is -2.00. The van der Waals surface area contributed by atoms with Crippen LogP contribution < -0.4 is 5.73 Å². The van der Waals surface area contributed by atoms with E-state index in [0.717, 1.165) is 13.1 Å². The first kappa shape index (κ1) is 10.5. The zero-order chi connectivity index (χ0) is 11.7. The molecule has 3 nitrogen and oxygen atoms in total. The monoisotopic (exact) mass is 227 g/mol. The Labute approximate surface area is 101 Å². The van der Waals surface area contributed by atoms with E-state index in [0.29, 0.717) is 11.8 Å². The highest BCUT2D eigenvalue weighted by atomic mass is 15.3. The van der Waals surface area contributed by atoms with Gasteiger partial charge in [-0.15, -0.1) is 0 Å². The molecule has 1 aliphatic rings. The Morgan fingerprint density at radius 3 is 2.82 bits per heavy atom. The van der Waals surface area contributed by atoms with Gasteiger partial charge < -0.3 is 5.73 Å². The second kappa shape index (κ2) is 4.34. The van der Waals surface area contributed by atoms with Gasteiger partial charge in [-0.1, -0.05) is 30.3 Å². The Bertz CT molecular complexity index is 489. The molecule has 17 heavy (non-hydrogen) atoms. The Hall–Kier alpha value is -1.61. The number of nitrogens with two attached hydrogens (primary N) is 1. The van der Waals surface area contributed by atoms with Crippen molar-refractivity contribution in [2.24, 2.45) is 11.7 Å². The SMILES string of the molecule is NC[C@@H]1C[C@H]1c1cnn(Cc2ccccc2)c1. The smallest absolute Gasteiger partial charge is 0.0659 e. The van der Waals surface area contributed by atoms with Crippen LogP contribution in [0.15, 0.2) is 42.7 Å². The second-order valence-corrected chi connectivity index (χ2v) is 4.79. The van der Waals surface area contributed by atoms with Gasteiger partial charge in [0, 0.05) is 6.20 Å². The highest BCUT2D eigenvalue weighted by Crippen LogP contribution is 2.46. The first-order valence-electron chi connectivity index (χ1n) is 6.13. The summed E-state index contributed by atoms with van der Waals surface area (Å²) in [7, 11) is 0. The van der Waals surface area contributed by atoms with E-state index >= 15 is 0 Å². The summed E-state index contributed by atoms with van der Waals surface area (Å²) in [5, 5.41) is 4.42. The van der Waals surface area contributed by atoms with E-state index in [1.165, 1.54) is 17.5 Å². The van der Waals surface area contributed by atoms with Crippen LogP contribution in [0.4, 0.5) is 0 Å². The largest absolute Gasteiger partial charge is 0.330 e. The van der Waals surface area contributed by atoms with Gasteiger partial charge in [-0.25, -0.2) is 0 Å². The molecule has 0 aliphatic heterocycles. The van der Waals surface area contributed by atoms with Crippen LogP contribution in [0.5, 0.6) is 0 Å². The maximum Gasteiger partial charge on any atom is 0.0659 e. The predicted molar refractivity (Wildman–Crippen MR) is 67.7 cm³/mol. The van der Waals surface area contributed by atoms with Crippen LogP contribution in [0.25, 0.3) is 0 Å². The number of rotatable bonds is 4. The molecule has 1 heterocycles. The van der Waals surface area contributed by atoms with Gasteiger partial charge in [-0.2, -0.15) is 5.10 Å². The molecule has 1 aromatic heterocycles. The first-order valence-corrected chi connectivity index (χ1v) is 6.13. The lowest BCUT2D eigenvalue weighted by atomic mass is 10.2. The summed E-state index contributed by atoms with van der Waals surface area (Å²) >= 11 is 0. The maximum atomic E-state index is 5.66. The molecular formula is C14H17N3. The number of nitrogens with zero attached hydrogens (tertiary/aromatic N) is 2. The van der Waals surface area contributed by atoms with Crippen LogP contribution in [-0.2, 0) is 6.54 Å². The minimum absolute atomic E-state index is 0.657. The topological polar surface area (TPSA) is 43.8 Å². The van der Waals surface area contributed by atoms with Crippen molar-refractivity contribution >= 4 is 0 Å². The second-order valence-electron chi connectivity index (χ2n) is 4.79. The van der Waals surface area contributed by atoms with Gasteiger partial charge in [0.05, 0.1) is 12.7 Å². The normalized spacial score (nSPS) is 22.6. The molecule has 2 atom stereocenters. The van der Waals surface area contributed by atoms with Crippen molar-refractivity contribution in [3.8, 4) is 0 Å². The van der Waals surface area contributed by atoms with Crippen molar-refractivity contribution < 1.29 is 0 Å². The van der Waals surface area contributed by atoms with Crippen LogP contribution in [0.2, 0.25) is 0 Å². The van der Waals surface area contributed by atoms with E-state index in [1.54, 1.807) is 0 Å². The van der Waals surface area contributed by atoms with Crippen LogP contribution in [0, 0.1) is 5.92 Å². The van der Waals surface area contributed by atoms with Gasteiger partial charge in [0.15, 0.2) is 0 Å². The zero-order valence-corrected chi connectivity index (χ0v) is 9.79. The minimum atomic E-state index is 0.657. The van der Waals surface area contributed by atoms with Gasteiger partial charge >= 0.3 is 0 Å². The van der Waals surface area contributed by atoms with Crippen molar-refractivity contribution in [3.05, 3.63) is 53.9 Å². The van der Waals surface area contributed by atoms with E-state index in [1.807, 2.05) is 16.9 Å². The lowest BCUT2D eigenvalue weighted by molar-refractivity contribution is 0.685. The molecule has 3 heteroatoms. The van der Waals surface area contributed by atoms with Gasteiger partial charge in [-0.05, 0) is 35.9 Å². The molecule has 0 spiro atoms. The third-order valence-electron chi connectivity index (χ3n) is 3.49. The fourth-order valence-electron chi connectivity index (χ4n) is 2.34. The molecule has 0 saturated heterocycles. The summed E-state index contributed by atoms with van der Waals surface area (Å²) in [6.07, 6.45) is 5.38. The molecule has 1 saturated carbocycles. The lowest BCUT2D eigenvalue weighted by Crippen LogP contribution is -2.02.